The Morgan fingerprint density at radius 3 is 2.69 bits per heavy atom. The highest BCUT2D eigenvalue weighted by Crippen LogP contribution is 2.23. The van der Waals surface area contributed by atoms with Gasteiger partial charge in [0.1, 0.15) is 0 Å². The number of rotatable bonds is 8. The van der Waals surface area contributed by atoms with Crippen LogP contribution in [0.15, 0.2) is 0 Å². The highest BCUT2D eigenvalue weighted by Gasteiger charge is 2.21. The molecule has 0 spiro atoms. The molecule has 1 rings (SSSR count). The average Bonchev–Trinajstić information content (AvgIpc) is 2.69. The zero-order valence-electron chi connectivity index (χ0n) is 11.2. The molecule has 2 nitrogen and oxygen atoms in total. The molecular formula is C14H30N2. The van der Waals surface area contributed by atoms with E-state index in [1.165, 1.54) is 58.0 Å². The molecule has 0 aromatic rings. The van der Waals surface area contributed by atoms with Crippen molar-refractivity contribution in [2.45, 2.75) is 64.8 Å². The second-order valence-electron chi connectivity index (χ2n) is 5.51. The van der Waals surface area contributed by atoms with Crippen LogP contribution in [0.1, 0.15) is 58.8 Å². The minimum absolute atomic E-state index is 0.480. The maximum absolute atomic E-state index is 5.92. The Balaban J connectivity index is 2.04. The summed E-state index contributed by atoms with van der Waals surface area (Å²) in [4.78, 5) is 0. The van der Waals surface area contributed by atoms with Gasteiger partial charge in [0.05, 0.1) is 0 Å². The molecule has 0 amide bonds. The van der Waals surface area contributed by atoms with E-state index in [2.05, 4.69) is 19.2 Å². The molecule has 3 unspecified atom stereocenters. The van der Waals surface area contributed by atoms with Crippen molar-refractivity contribution in [1.82, 2.24) is 5.32 Å². The second kappa shape index (κ2) is 8.08. The van der Waals surface area contributed by atoms with Crippen LogP contribution in [0.3, 0.4) is 0 Å². The Labute approximate surface area is 101 Å². The summed E-state index contributed by atoms with van der Waals surface area (Å²) >= 11 is 0. The van der Waals surface area contributed by atoms with E-state index < -0.39 is 0 Å². The molecule has 1 saturated carbocycles. The molecule has 0 radical (unpaired) electrons. The largest absolute Gasteiger partial charge is 0.328 e. The topological polar surface area (TPSA) is 38.0 Å². The van der Waals surface area contributed by atoms with Crippen molar-refractivity contribution in [3.05, 3.63) is 0 Å². The van der Waals surface area contributed by atoms with Gasteiger partial charge in [0.25, 0.3) is 0 Å². The van der Waals surface area contributed by atoms with E-state index in [-0.39, 0.29) is 0 Å². The summed E-state index contributed by atoms with van der Waals surface area (Å²) in [5.74, 6) is 1.73. The molecule has 0 aromatic heterocycles. The number of nitrogens with two attached hydrogens (primary N) is 1. The Bertz CT molecular complexity index is 170. The zero-order valence-corrected chi connectivity index (χ0v) is 11.2. The van der Waals surface area contributed by atoms with E-state index in [0.29, 0.717) is 6.04 Å². The highest BCUT2D eigenvalue weighted by molar-refractivity contribution is 4.79. The number of hydrogen-bond donors (Lipinski definition) is 2. The van der Waals surface area contributed by atoms with Crippen LogP contribution in [-0.2, 0) is 0 Å². The van der Waals surface area contributed by atoms with Crippen LogP contribution >= 0.6 is 0 Å². The van der Waals surface area contributed by atoms with Crippen LogP contribution in [0.5, 0.6) is 0 Å². The van der Waals surface area contributed by atoms with Gasteiger partial charge in [-0.3, -0.25) is 0 Å². The Morgan fingerprint density at radius 1 is 1.31 bits per heavy atom. The van der Waals surface area contributed by atoms with E-state index in [9.17, 15) is 0 Å². The fourth-order valence-corrected chi connectivity index (χ4v) is 2.73. The number of nitrogens with one attached hydrogen (secondary N) is 1. The smallest absolute Gasteiger partial charge is 0.00420 e. The lowest BCUT2D eigenvalue weighted by atomic mass is 9.99. The van der Waals surface area contributed by atoms with Crippen molar-refractivity contribution in [2.24, 2.45) is 17.6 Å². The van der Waals surface area contributed by atoms with E-state index >= 15 is 0 Å². The van der Waals surface area contributed by atoms with Crippen LogP contribution in [0.2, 0.25) is 0 Å². The summed E-state index contributed by atoms with van der Waals surface area (Å²) in [5, 5.41) is 3.65. The summed E-state index contributed by atoms with van der Waals surface area (Å²) < 4.78 is 0. The van der Waals surface area contributed by atoms with Gasteiger partial charge in [-0.1, -0.05) is 33.1 Å². The van der Waals surface area contributed by atoms with E-state index in [0.717, 1.165) is 11.8 Å². The molecule has 0 saturated heterocycles. The average molecular weight is 226 g/mol. The van der Waals surface area contributed by atoms with Crippen molar-refractivity contribution >= 4 is 0 Å². The van der Waals surface area contributed by atoms with Gasteiger partial charge in [0.15, 0.2) is 0 Å². The lowest BCUT2D eigenvalue weighted by molar-refractivity contribution is 0.392. The predicted molar refractivity (Wildman–Crippen MR) is 71.5 cm³/mol. The molecule has 16 heavy (non-hydrogen) atoms. The molecule has 96 valence electrons. The van der Waals surface area contributed by atoms with Crippen LogP contribution in [0, 0.1) is 11.8 Å². The minimum atomic E-state index is 0.480. The van der Waals surface area contributed by atoms with E-state index in [4.69, 9.17) is 5.73 Å². The van der Waals surface area contributed by atoms with E-state index in [1.807, 2.05) is 0 Å². The molecule has 0 bridgehead atoms. The van der Waals surface area contributed by atoms with Gasteiger partial charge < -0.3 is 11.1 Å². The molecular weight excluding hydrogens is 196 g/mol. The Morgan fingerprint density at radius 2 is 2.12 bits per heavy atom. The fourth-order valence-electron chi connectivity index (χ4n) is 2.73. The third-order valence-electron chi connectivity index (χ3n) is 3.99. The molecule has 3 N–H and O–H groups in total. The monoisotopic (exact) mass is 226 g/mol. The first-order valence-electron chi connectivity index (χ1n) is 7.22. The quantitative estimate of drug-likeness (QED) is 0.668. The second-order valence-corrected chi connectivity index (χ2v) is 5.51. The highest BCUT2D eigenvalue weighted by atomic mass is 14.9. The molecule has 0 heterocycles. The lowest BCUT2D eigenvalue weighted by Crippen LogP contribution is -2.28. The van der Waals surface area contributed by atoms with Gasteiger partial charge in [-0.25, -0.2) is 0 Å². The van der Waals surface area contributed by atoms with Crippen molar-refractivity contribution in [1.29, 1.82) is 0 Å². The van der Waals surface area contributed by atoms with Crippen molar-refractivity contribution in [3.63, 3.8) is 0 Å². The van der Waals surface area contributed by atoms with E-state index in [1.54, 1.807) is 0 Å². The maximum Gasteiger partial charge on any atom is 0.00420 e. The van der Waals surface area contributed by atoms with Gasteiger partial charge in [0.2, 0.25) is 0 Å². The predicted octanol–water partition coefficient (Wildman–Crippen LogP) is 2.92. The fraction of sp³-hybridized carbons (Fsp3) is 1.00. The van der Waals surface area contributed by atoms with Gasteiger partial charge >= 0.3 is 0 Å². The number of hydrogen-bond acceptors (Lipinski definition) is 2. The molecule has 1 aliphatic rings. The third kappa shape index (κ3) is 5.31. The van der Waals surface area contributed by atoms with Crippen LogP contribution < -0.4 is 11.1 Å². The Kier molecular flexibility index (Phi) is 7.06. The van der Waals surface area contributed by atoms with Crippen LogP contribution in [0.25, 0.3) is 0 Å². The summed E-state index contributed by atoms with van der Waals surface area (Å²) in [6.07, 6.45) is 9.22. The van der Waals surface area contributed by atoms with Gasteiger partial charge in [-0.05, 0) is 50.6 Å². The summed E-state index contributed by atoms with van der Waals surface area (Å²) in [7, 11) is 0. The summed E-state index contributed by atoms with van der Waals surface area (Å²) in [6.45, 7) is 6.99. The first kappa shape index (κ1) is 14.0. The SMILES string of the molecule is CCCCC(CC)CNCC1CCC(N)C1. The van der Waals surface area contributed by atoms with Crippen LogP contribution in [0.4, 0.5) is 0 Å². The first-order valence-corrected chi connectivity index (χ1v) is 7.22. The minimum Gasteiger partial charge on any atom is -0.328 e. The van der Waals surface area contributed by atoms with Crippen molar-refractivity contribution < 1.29 is 0 Å². The van der Waals surface area contributed by atoms with Crippen LogP contribution in [-0.4, -0.2) is 19.1 Å². The summed E-state index contributed by atoms with van der Waals surface area (Å²) in [6, 6.07) is 0.480. The normalized spacial score (nSPS) is 27.2. The molecule has 0 aliphatic heterocycles. The Hall–Kier alpha value is -0.0800. The molecule has 1 fully saturated rings. The third-order valence-corrected chi connectivity index (χ3v) is 3.99. The summed E-state index contributed by atoms with van der Waals surface area (Å²) in [5.41, 5.74) is 5.92. The molecule has 3 atom stereocenters. The molecule has 1 aliphatic carbocycles. The van der Waals surface area contributed by atoms with Gasteiger partial charge in [-0.15, -0.1) is 0 Å². The van der Waals surface area contributed by atoms with Crippen molar-refractivity contribution in [2.75, 3.05) is 13.1 Å². The standard InChI is InChI=1S/C14H30N2/c1-3-5-6-12(4-2)10-16-11-13-7-8-14(15)9-13/h12-14,16H,3-11,15H2,1-2H3. The maximum atomic E-state index is 5.92. The number of unbranched alkanes of at least 4 members (excludes halogenated alkanes) is 1. The molecule has 2 heteroatoms. The van der Waals surface area contributed by atoms with Crippen molar-refractivity contribution in [3.8, 4) is 0 Å². The zero-order chi connectivity index (χ0) is 11.8. The lowest BCUT2D eigenvalue weighted by Gasteiger charge is -2.17. The first-order chi connectivity index (χ1) is 7.76. The van der Waals surface area contributed by atoms with Gasteiger partial charge in [0, 0.05) is 6.04 Å². The molecule has 0 aromatic carbocycles. The van der Waals surface area contributed by atoms with Gasteiger partial charge in [-0.2, -0.15) is 0 Å².